The van der Waals surface area contributed by atoms with Crippen molar-refractivity contribution in [3.63, 3.8) is 0 Å². The fourth-order valence-electron chi connectivity index (χ4n) is 1.87. The highest BCUT2D eigenvalue weighted by molar-refractivity contribution is 5.85. The van der Waals surface area contributed by atoms with E-state index in [2.05, 4.69) is 19.2 Å². The van der Waals surface area contributed by atoms with Crippen molar-refractivity contribution in [2.45, 2.75) is 52.0 Å². The fraction of sp³-hybridized carbons (Fsp3) is 1.00. The molecule has 1 N–H and O–H groups in total. The third kappa shape index (κ3) is 5.00. The van der Waals surface area contributed by atoms with Gasteiger partial charge in [0.2, 0.25) is 0 Å². The Morgan fingerprint density at radius 3 is 2.67 bits per heavy atom. The maximum absolute atomic E-state index is 3.61. The molecule has 0 aliphatic carbocycles. The summed E-state index contributed by atoms with van der Waals surface area (Å²) in [6, 6.07) is 0.817. The molecule has 0 saturated carbocycles. The van der Waals surface area contributed by atoms with Crippen LogP contribution in [0.1, 0.15) is 46.0 Å². The van der Waals surface area contributed by atoms with E-state index in [1.165, 1.54) is 38.6 Å². The predicted molar refractivity (Wildman–Crippen MR) is 57.0 cm³/mol. The molecule has 1 unspecified atom stereocenters. The van der Waals surface area contributed by atoms with Crippen LogP contribution < -0.4 is 5.32 Å². The van der Waals surface area contributed by atoms with Gasteiger partial charge < -0.3 is 5.32 Å². The number of rotatable bonds is 2. The van der Waals surface area contributed by atoms with Crippen molar-refractivity contribution < 1.29 is 0 Å². The van der Waals surface area contributed by atoms with Crippen LogP contribution in [-0.4, -0.2) is 12.6 Å². The van der Waals surface area contributed by atoms with Gasteiger partial charge in [-0.05, 0) is 31.7 Å². The molecule has 1 rings (SSSR count). The van der Waals surface area contributed by atoms with Gasteiger partial charge in [0.1, 0.15) is 0 Å². The van der Waals surface area contributed by atoms with Crippen LogP contribution in [0.15, 0.2) is 0 Å². The molecule has 1 atom stereocenters. The lowest BCUT2D eigenvalue weighted by Gasteiger charge is -2.17. The SMILES string of the molecule is CC(C)CC1CCCCCN1.Cl. The lowest BCUT2D eigenvalue weighted by Crippen LogP contribution is -2.29. The van der Waals surface area contributed by atoms with Crippen LogP contribution in [0.4, 0.5) is 0 Å². The Hall–Kier alpha value is 0.250. The van der Waals surface area contributed by atoms with Crippen molar-refractivity contribution in [3.8, 4) is 0 Å². The summed E-state index contributed by atoms with van der Waals surface area (Å²) in [6.07, 6.45) is 7.01. The molecule has 1 heterocycles. The van der Waals surface area contributed by atoms with E-state index < -0.39 is 0 Å². The van der Waals surface area contributed by atoms with Crippen LogP contribution in [0.3, 0.4) is 0 Å². The topological polar surface area (TPSA) is 12.0 Å². The maximum atomic E-state index is 3.61. The lowest BCUT2D eigenvalue weighted by atomic mass is 10.0. The first-order valence-corrected chi connectivity index (χ1v) is 5.02. The molecule has 0 bridgehead atoms. The fourth-order valence-corrected chi connectivity index (χ4v) is 1.87. The zero-order valence-electron chi connectivity index (χ0n) is 8.31. The van der Waals surface area contributed by atoms with Crippen molar-refractivity contribution in [2.75, 3.05) is 6.54 Å². The molecule has 0 aromatic heterocycles. The second kappa shape index (κ2) is 6.73. The highest BCUT2D eigenvalue weighted by Crippen LogP contribution is 2.14. The second-order valence-electron chi connectivity index (χ2n) is 4.13. The first-order chi connectivity index (χ1) is 5.29. The zero-order chi connectivity index (χ0) is 8.10. The molecule has 1 aliphatic heterocycles. The van der Waals surface area contributed by atoms with Gasteiger partial charge in [-0.2, -0.15) is 0 Å². The Balaban J connectivity index is 0.00000121. The Morgan fingerprint density at radius 1 is 1.25 bits per heavy atom. The van der Waals surface area contributed by atoms with E-state index in [1.807, 2.05) is 0 Å². The average molecular weight is 192 g/mol. The minimum Gasteiger partial charge on any atom is -0.314 e. The van der Waals surface area contributed by atoms with Crippen LogP contribution in [-0.2, 0) is 0 Å². The van der Waals surface area contributed by atoms with Crippen molar-refractivity contribution in [1.29, 1.82) is 0 Å². The van der Waals surface area contributed by atoms with Crippen molar-refractivity contribution in [2.24, 2.45) is 5.92 Å². The summed E-state index contributed by atoms with van der Waals surface area (Å²) in [6.45, 7) is 5.87. The average Bonchev–Trinajstić information content (AvgIpc) is 2.14. The molecule has 1 nitrogen and oxygen atoms in total. The first-order valence-electron chi connectivity index (χ1n) is 5.02. The predicted octanol–water partition coefficient (Wildman–Crippen LogP) is 2.99. The van der Waals surface area contributed by atoms with Crippen molar-refractivity contribution in [3.05, 3.63) is 0 Å². The minimum absolute atomic E-state index is 0. The molecule has 1 fully saturated rings. The number of hydrogen-bond donors (Lipinski definition) is 1. The minimum atomic E-state index is 0. The van der Waals surface area contributed by atoms with Crippen LogP contribution in [0, 0.1) is 5.92 Å². The number of halogens is 1. The largest absolute Gasteiger partial charge is 0.314 e. The summed E-state index contributed by atoms with van der Waals surface area (Å²) < 4.78 is 0. The summed E-state index contributed by atoms with van der Waals surface area (Å²) >= 11 is 0. The number of nitrogens with one attached hydrogen (secondary N) is 1. The van der Waals surface area contributed by atoms with Crippen LogP contribution in [0.2, 0.25) is 0 Å². The molecular weight excluding hydrogens is 170 g/mol. The molecule has 0 amide bonds. The van der Waals surface area contributed by atoms with Crippen LogP contribution in [0.25, 0.3) is 0 Å². The van der Waals surface area contributed by atoms with Crippen molar-refractivity contribution in [1.82, 2.24) is 5.32 Å². The molecule has 0 aromatic carbocycles. The van der Waals surface area contributed by atoms with E-state index in [4.69, 9.17) is 0 Å². The van der Waals surface area contributed by atoms with Crippen LogP contribution in [0.5, 0.6) is 0 Å². The van der Waals surface area contributed by atoms with Gasteiger partial charge in [0.15, 0.2) is 0 Å². The summed E-state index contributed by atoms with van der Waals surface area (Å²) in [5.74, 6) is 0.852. The molecule has 1 aliphatic rings. The van der Waals surface area contributed by atoms with Gasteiger partial charge >= 0.3 is 0 Å². The van der Waals surface area contributed by atoms with E-state index in [-0.39, 0.29) is 12.4 Å². The van der Waals surface area contributed by atoms with Gasteiger partial charge in [-0.15, -0.1) is 12.4 Å². The summed E-state index contributed by atoms with van der Waals surface area (Å²) in [5.41, 5.74) is 0. The molecule has 1 saturated heterocycles. The van der Waals surface area contributed by atoms with E-state index in [0.717, 1.165) is 12.0 Å². The van der Waals surface area contributed by atoms with E-state index >= 15 is 0 Å². The lowest BCUT2D eigenvalue weighted by molar-refractivity contribution is 0.414. The Kier molecular flexibility index (Phi) is 6.87. The van der Waals surface area contributed by atoms with E-state index in [1.54, 1.807) is 0 Å². The van der Waals surface area contributed by atoms with Gasteiger partial charge in [-0.1, -0.05) is 26.7 Å². The summed E-state index contributed by atoms with van der Waals surface area (Å²) in [5, 5.41) is 3.61. The molecule has 0 spiro atoms. The van der Waals surface area contributed by atoms with E-state index in [0.29, 0.717) is 0 Å². The van der Waals surface area contributed by atoms with Gasteiger partial charge in [-0.25, -0.2) is 0 Å². The zero-order valence-corrected chi connectivity index (χ0v) is 9.12. The molecule has 12 heavy (non-hydrogen) atoms. The smallest absolute Gasteiger partial charge is 0.00694 e. The van der Waals surface area contributed by atoms with Gasteiger partial charge in [0.25, 0.3) is 0 Å². The summed E-state index contributed by atoms with van der Waals surface area (Å²) in [4.78, 5) is 0. The third-order valence-corrected chi connectivity index (χ3v) is 2.42. The Bertz CT molecular complexity index is 96.0. The van der Waals surface area contributed by atoms with Gasteiger partial charge in [0.05, 0.1) is 0 Å². The normalized spacial score (nSPS) is 24.8. The Morgan fingerprint density at radius 2 is 2.00 bits per heavy atom. The second-order valence-corrected chi connectivity index (χ2v) is 4.13. The standard InChI is InChI=1S/C10H21N.ClH/c1-9(2)8-10-6-4-3-5-7-11-10;/h9-11H,3-8H2,1-2H3;1H. The highest BCUT2D eigenvalue weighted by Gasteiger charge is 2.11. The highest BCUT2D eigenvalue weighted by atomic mass is 35.5. The third-order valence-electron chi connectivity index (χ3n) is 2.42. The van der Waals surface area contributed by atoms with E-state index in [9.17, 15) is 0 Å². The Labute approximate surface area is 82.7 Å². The van der Waals surface area contributed by atoms with Gasteiger partial charge in [0, 0.05) is 6.04 Å². The molecule has 74 valence electrons. The maximum Gasteiger partial charge on any atom is 0.00694 e. The molecule has 0 radical (unpaired) electrons. The van der Waals surface area contributed by atoms with Crippen molar-refractivity contribution >= 4 is 12.4 Å². The summed E-state index contributed by atoms with van der Waals surface area (Å²) in [7, 11) is 0. The monoisotopic (exact) mass is 191 g/mol. The molecule has 2 heteroatoms. The quantitative estimate of drug-likeness (QED) is 0.708. The molecule has 0 aromatic rings. The van der Waals surface area contributed by atoms with Gasteiger partial charge in [-0.3, -0.25) is 0 Å². The first kappa shape index (κ1) is 12.2. The number of hydrogen-bond acceptors (Lipinski definition) is 1. The molecular formula is C10H22ClN. The van der Waals surface area contributed by atoms with Crippen LogP contribution >= 0.6 is 12.4 Å².